The van der Waals surface area contributed by atoms with E-state index < -0.39 is 6.09 Å². The first-order valence-electron chi connectivity index (χ1n) is 13.0. The van der Waals surface area contributed by atoms with Gasteiger partial charge in [-0.25, -0.2) is 19.2 Å². The summed E-state index contributed by atoms with van der Waals surface area (Å²) < 4.78 is 31.2. The zero-order valence-electron chi connectivity index (χ0n) is 21.5. The lowest BCUT2D eigenvalue weighted by Crippen LogP contribution is -2.44. The molecule has 39 heavy (non-hydrogen) atoms. The van der Waals surface area contributed by atoms with Gasteiger partial charge in [0.15, 0.2) is 24.8 Å². The third-order valence-corrected chi connectivity index (χ3v) is 7.63. The van der Waals surface area contributed by atoms with Crippen LogP contribution in [0.4, 0.5) is 20.8 Å². The molecule has 0 radical (unpaired) electrons. The molecule has 4 aliphatic rings. The van der Waals surface area contributed by atoms with Crippen LogP contribution in [0.1, 0.15) is 24.0 Å². The Labute approximate surface area is 224 Å². The van der Waals surface area contributed by atoms with E-state index in [9.17, 15) is 18.8 Å². The molecule has 0 bridgehead atoms. The zero-order valence-corrected chi connectivity index (χ0v) is 21.5. The minimum Gasteiger partial charge on any atom is -0.484 e. The van der Waals surface area contributed by atoms with Crippen molar-refractivity contribution < 1.29 is 33.0 Å². The molecule has 4 heterocycles. The Kier molecular flexibility index (Phi) is 6.67. The van der Waals surface area contributed by atoms with E-state index in [1.54, 1.807) is 4.90 Å². The number of rotatable bonds is 8. The van der Waals surface area contributed by atoms with Crippen LogP contribution in [-0.2, 0) is 27.2 Å². The fraction of sp³-hybridized carbons (Fsp3) is 0.500. The summed E-state index contributed by atoms with van der Waals surface area (Å²) in [7, 11) is 1.98. The number of hydrogen-bond acceptors (Lipinski definition) is 9. The maximum atomic E-state index is 14.9. The molecule has 0 saturated carbocycles. The highest BCUT2D eigenvalue weighted by molar-refractivity contribution is 5.94. The largest absolute Gasteiger partial charge is 0.484 e. The van der Waals surface area contributed by atoms with E-state index in [1.807, 2.05) is 13.1 Å². The highest BCUT2D eigenvalue weighted by atomic mass is 19.1. The summed E-state index contributed by atoms with van der Waals surface area (Å²) in [5.41, 5.74) is 1.56. The minimum atomic E-state index is -0.532. The number of aromatic nitrogens is 2. The first-order valence-corrected chi connectivity index (χ1v) is 13.0. The van der Waals surface area contributed by atoms with Crippen molar-refractivity contribution in [2.45, 2.75) is 37.8 Å². The van der Waals surface area contributed by atoms with Crippen molar-refractivity contribution in [2.24, 2.45) is 0 Å². The van der Waals surface area contributed by atoms with Gasteiger partial charge >= 0.3 is 6.09 Å². The molecule has 1 N–H and O–H groups in total. The Balaban J connectivity index is 1.01. The number of nitrogens with zero attached hydrogens (tertiary/aromatic N) is 5. The molecule has 12 nitrogen and oxygen atoms in total. The second-order valence-electron chi connectivity index (χ2n) is 10.2. The van der Waals surface area contributed by atoms with E-state index in [1.165, 1.54) is 17.2 Å². The van der Waals surface area contributed by atoms with Gasteiger partial charge in [0.05, 0.1) is 12.7 Å². The van der Waals surface area contributed by atoms with Gasteiger partial charge in [0.25, 0.3) is 17.7 Å². The summed E-state index contributed by atoms with van der Waals surface area (Å²) in [5, 5.41) is 2.58. The predicted octanol–water partition coefficient (Wildman–Crippen LogP) is 1.37. The molecule has 3 aliphatic heterocycles. The summed E-state index contributed by atoms with van der Waals surface area (Å²) >= 11 is 0. The van der Waals surface area contributed by atoms with Crippen LogP contribution in [-0.4, -0.2) is 96.3 Å². The quantitative estimate of drug-likeness (QED) is 0.528. The minimum absolute atomic E-state index is 0.0783. The van der Waals surface area contributed by atoms with Crippen molar-refractivity contribution in [1.82, 2.24) is 19.8 Å². The molecule has 1 aliphatic carbocycles. The van der Waals surface area contributed by atoms with Gasteiger partial charge in [-0.2, -0.15) is 0 Å². The maximum absolute atomic E-state index is 14.9. The number of anilines is 2. The number of amides is 3. The molecule has 1 aromatic carbocycles. The Bertz CT molecular complexity index is 1320. The topological polar surface area (TPSA) is 126 Å². The number of nitrogens with one attached hydrogen (secondary N) is 1. The molecule has 206 valence electrons. The lowest BCUT2D eigenvalue weighted by Gasteiger charge is -2.30. The van der Waals surface area contributed by atoms with Crippen LogP contribution in [0.2, 0.25) is 0 Å². The van der Waals surface area contributed by atoms with Crippen molar-refractivity contribution in [1.29, 1.82) is 0 Å². The van der Waals surface area contributed by atoms with Crippen molar-refractivity contribution in [3.05, 3.63) is 35.3 Å². The van der Waals surface area contributed by atoms with Crippen LogP contribution in [0.3, 0.4) is 0 Å². The highest BCUT2D eigenvalue weighted by Gasteiger charge is 2.35. The van der Waals surface area contributed by atoms with Gasteiger partial charge in [0.2, 0.25) is 0 Å². The van der Waals surface area contributed by atoms with Gasteiger partial charge in [-0.3, -0.25) is 14.5 Å². The summed E-state index contributed by atoms with van der Waals surface area (Å²) in [6.45, 7) is 2.23. The number of fused-ring (bicyclic) bond motifs is 2. The SMILES string of the molecule is CN(CCC1CN(c2cnc3c(n2)NC(=O)CO3)C(=O)O1)C1Cc2cc(OCC(=O)N3CCC3)cc(F)c2C1. The second kappa shape index (κ2) is 10.3. The maximum Gasteiger partial charge on any atom is 0.415 e. The first kappa shape index (κ1) is 25.3. The number of likely N-dealkylation sites (N-methyl/N-ethyl adjacent to an activating group) is 1. The number of likely N-dealkylation sites (tertiary alicyclic amines) is 1. The monoisotopic (exact) mass is 540 g/mol. The molecule has 1 aromatic heterocycles. The van der Waals surface area contributed by atoms with E-state index in [-0.39, 0.29) is 60.5 Å². The summed E-state index contributed by atoms with van der Waals surface area (Å²) in [6, 6.07) is 3.29. The Morgan fingerprint density at radius 1 is 1.28 bits per heavy atom. The molecule has 3 amide bonds. The van der Waals surface area contributed by atoms with Crippen molar-refractivity contribution in [3.8, 4) is 11.6 Å². The molecule has 13 heteroatoms. The molecule has 2 unspecified atom stereocenters. The van der Waals surface area contributed by atoms with Crippen LogP contribution in [0.15, 0.2) is 18.3 Å². The number of benzene rings is 1. The van der Waals surface area contributed by atoms with Gasteiger partial charge in [0.1, 0.15) is 17.7 Å². The molecule has 2 saturated heterocycles. The standard InChI is InChI=1S/C26H29FN6O6/c1-31(16-7-15-8-18(10-20(27)19(15)9-16)37-14-23(35)32-4-2-5-32)6-3-17-12-33(26(36)39-17)21-11-28-25-24(29-21)30-22(34)13-38-25/h8,10-11,16-17H,2-7,9,12-14H2,1H3,(H,29,30,34). The molecule has 0 spiro atoms. The van der Waals surface area contributed by atoms with Crippen LogP contribution in [0, 0.1) is 5.82 Å². The smallest absolute Gasteiger partial charge is 0.415 e. The van der Waals surface area contributed by atoms with Gasteiger partial charge in [-0.15, -0.1) is 0 Å². The van der Waals surface area contributed by atoms with Gasteiger partial charge < -0.3 is 29.3 Å². The normalized spacial score (nSPS) is 21.6. The van der Waals surface area contributed by atoms with Gasteiger partial charge in [-0.1, -0.05) is 0 Å². The Hall–Kier alpha value is -4.00. The fourth-order valence-corrected chi connectivity index (χ4v) is 5.21. The second-order valence-corrected chi connectivity index (χ2v) is 10.2. The first-order chi connectivity index (χ1) is 18.8. The van der Waals surface area contributed by atoms with E-state index in [0.29, 0.717) is 43.7 Å². The van der Waals surface area contributed by atoms with Crippen molar-refractivity contribution in [3.63, 3.8) is 0 Å². The molecule has 2 atom stereocenters. The molecule has 2 fully saturated rings. The molecular weight excluding hydrogens is 511 g/mol. The fourth-order valence-electron chi connectivity index (χ4n) is 5.21. The number of carbonyl (C=O) groups excluding carboxylic acids is 3. The van der Waals surface area contributed by atoms with Gasteiger partial charge in [-0.05, 0) is 49.9 Å². The Morgan fingerprint density at radius 3 is 2.92 bits per heavy atom. The molecular formula is C26H29FN6O6. The lowest BCUT2D eigenvalue weighted by atomic mass is 10.1. The van der Waals surface area contributed by atoms with Gasteiger partial charge in [0, 0.05) is 31.7 Å². The number of cyclic esters (lactones) is 1. The van der Waals surface area contributed by atoms with Crippen molar-refractivity contribution >= 4 is 29.5 Å². The average Bonchev–Trinajstić information content (AvgIpc) is 3.48. The predicted molar refractivity (Wildman–Crippen MR) is 135 cm³/mol. The highest BCUT2D eigenvalue weighted by Crippen LogP contribution is 2.32. The van der Waals surface area contributed by atoms with Crippen LogP contribution in [0.25, 0.3) is 0 Å². The lowest BCUT2D eigenvalue weighted by molar-refractivity contribution is -0.136. The number of ether oxygens (including phenoxy) is 3. The van der Waals surface area contributed by atoms with E-state index >= 15 is 0 Å². The average molecular weight is 541 g/mol. The molecule has 2 aromatic rings. The van der Waals surface area contributed by atoms with E-state index in [2.05, 4.69) is 20.2 Å². The summed E-state index contributed by atoms with van der Waals surface area (Å²) in [4.78, 5) is 49.8. The number of carbonyl (C=O) groups is 3. The van der Waals surface area contributed by atoms with Crippen LogP contribution < -0.4 is 19.7 Å². The number of halogens is 1. The van der Waals surface area contributed by atoms with Crippen molar-refractivity contribution in [2.75, 3.05) is 56.7 Å². The summed E-state index contributed by atoms with van der Waals surface area (Å²) in [5.74, 6) is 0.285. The van der Waals surface area contributed by atoms with E-state index in [4.69, 9.17) is 14.2 Å². The number of hydrogen-bond donors (Lipinski definition) is 1. The van der Waals surface area contributed by atoms with Crippen LogP contribution in [0.5, 0.6) is 11.6 Å². The third-order valence-electron chi connectivity index (χ3n) is 7.63. The van der Waals surface area contributed by atoms with Crippen LogP contribution >= 0.6 is 0 Å². The zero-order chi connectivity index (χ0) is 27.1. The summed E-state index contributed by atoms with van der Waals surface area (Å²) in [6.07, 6.45) is 3.35. The van der Waals surface area contributed by atoms with E-state index in [0.717, 1.165) is 25.1 Å². The Morgan fingerprint density at radius 2 is 2.13 bits per heavy atom. The molecule has 6 rings (SSSR count). The third kappa shape index (κ3) is 5.18.